The quantitative estimate of drug-likeness (QED) is 0.221. The van der Waals surface area contributed by atoms with Crippen molar-refractivity contribution in [1.29, 1.82) is 0 Å². The summed E-state index contributed by atoms with van der Waals surface area (Å²) in [5.41, 5.74) is 5.64. The largest absolute Gasteiger partial charge is 0.409 e. The van der Waals surface area contributed by atoms with Gasteiger partial charge in [-0.15, -0.1) is 0 Å². The third-order valence-electron chi connectivity index (χ3n) is 1.58. The van der Waals surface area contributed by atoms with Crippen LogP contribution < -0.4 is 5.73 Å². The van der Waals surface area contributed by atoms with Gasteiger partial charge in [0.05, 0.1) is 19.0 Å². The summed E-state index contributed by atoms with van der Waals surface area (Å²) in [7, 11) is 0. The number of hydrogen-bond acceptors (Lipinski definition) is 6. The van der Waals surface area contributed by atoms with Crippen LogP contribution in [0.25, 0.3) is 0 Å². The van der Waals surface area contributed by atoms with E-state index in [-0.39, 0.29) is 17.7 Å². The highest BCUT2D eigenvalue weighted by atomic mass is 32.2. The zero-order chi connectivity index (χ0) is 11.3. The molecule has 0 bridgehead atoms. The summed E-state index contributed by atoms with van der Waals surface area (Å²) in [6.07, 6.45) is 2.94. The Morgan fingerprint density at radius 3 is 2.80 bits per heavy atom. The van der Waals surface area contributed by atoms with E-state index in [1.54, 1.807) is 0 Å². The minimum Gasteiger partial charge on any atom is -0.409 e. The van der Waals surface area contributed by atoms with Gasteiger partial charge in [-0.3, -0.25) is 0 Å². The molecule has 0 aliphatic rings. The molecule has 4 N–H and O–H groups in total. The summed E-state index contributed by atoms with van der Waals surface area (Å²) in [6.45, 7) is 1.96. The lowest BCUT2D eigenvalue weighted by atomic mass is 10.4. The van der Waals surface area contributed by atoms with E-state index in [1.165, 1.54) is 24.2 Å². The van der Waals surface area contributed by atoms with Gasteiger partial charge in [0.1, 0.15) is 10.7 Å². The molecule has 7 heteroatoms. The molecule has 1 heterocycles. The smallest absolute Gasteiger partial charge is 0.190 e. The van der Waals surface area contributed by atoms with E-state index >= 15 is 0 Å². The third-order valence-corrected chi connectivity index (χ3v) is 2.58. The summed E-state index contributed by atoms with van der Waals surface area (Å²) < 4.78 is 0. The van der Waals surface area contributed by atoms with Crippen LogP contribution in [0.2, 0.25) is 0 Å². The van der Waals surface area contributed by atoms with E-state index in [4.69, 9.17) is 16.0 Å². The van der Waals surface area contributed by atoms with Crippen LogP contribution >= 0.6 is 11.8 Å². The lowest BCUT2D eigenvalue weighted by molar-refractivity contribution is 0.300. The Bertz CT molecular complexity index is 341. The molecule has 0 aliphatic heterocycles. The van der Waals surface area contributed by atoms with Crippen molar-refractivity contribution in [3.8, 4) is 0 Å². The molecule has 1 rings (SSSR count). The highest BCUT2D eigenvalue weighted by Crippen LogP contribution is 2.19. The molecule has 1 aromatic rings. The first-order chi connectivity index (χ1) is 7.17. The topological polar surface area (TPSA) is 105 Å². The SMILES string of the molecule is CC(CO)Sc1cnc(C(N)=NO)cn1. The summed E-state index contributed by atoms with van der Waals surface area (Å²) in [4.78, 5) is 8.01. The van der Waals surface area contributed by atoms with Crippen molar-refractivity contribution in [1.82, 2.24) is 9.97 Å². The molecule has 1 unspecified atom stereocenters. The van der Waals surface area contributed by atoms with Crippen LogP contribution in [0.4, 0.5) is 0 Å². The van der Waals surface area contributed by atoms with Gasteiger partial charge >= 0.3 is 0 Å². The molecule has 0 radical (unpaired) electrons. The van der Waals surface area contributed by atoms with Gasteiger partial charge in [-0.2, -0.15) is 0 Å². The Kier molecular flexibility index (Phi) is 4.32. The fraction of sp³-hybridized carbons (Fsp3) is 0.375. The van der Waals surface area contributed by atoms with Crippen LogP contribution in [0.1, 0.15) is 12.6 Å². The fourth-order valence-corrected chi connectivity index (χ4v) is 1.52. The minimum atomic E-state index is -0.0748. The van der Waals surface area contributed by atoms with E-state index < -0.39 is 0 Å². The molecule has 0 aromatic carbocycles. The average molecular weight is 228 g/mol. The van der Waals surface area contributed by atoms with Crippen molar-refractivity contribution in [3.63, 3.8) is 0 Å². The fourth-order valence-electron chi connectivity index (χ4n) is 0.804. The van der Waals surface area contributed by atoms with Gasteiger partial charge in [0.15, 0.2) is 5.84 Å². The molecule has 1 aromatic heterocycles. The van der Waals surface area contributed by atoms with Gasteiger partial charge in [-0.1, -0.05) is 23.8 Å². The zero-order valence-electron chi connectivity index (χ0n) is 8.16. The van der Waals surface area contributed by atoms with Gasteiger partial charge in [0.25, 0.3) is 0 Å². The average Bonchev–Trinajstić information content (AvgIpc) is 2.29. The number of amidine groups is 1. The second-order valence-electron chi connectivity index (χ2n) is 2.84. The number of aliphatic hydroxyl groups is 1. The molecule has 0 amide bonds. The number of aromatic nitrogens is 2. The molecule has 6 nitrogen and oxygen atoms in total. The Hall–Kier alpha value is -1.34. The lowest BCUT2D eigenvalue weighted by Gasteiger charge is -2.06. The van der Waals surface area contributed by atoms with E-state index in [9.17, 15) is 0 Å². The number of nitrogens with zero attached hydrogens (tertiary/aromatic N) is 3. The molecular formula is C8H12N4O2S. The predicted molar refractivity (Wildman–Crippen MR) is 56.9 cm³/mol. The molecule has 15 heavy (non-hydrogen) atoms. The van der Waals surface area contributed by atoms with Crippen LogP contribution in [0.5, 0.6) is 0 Å². The third kappa shape index (κ3) is 3.37. The van der Waals surface area contributed by atoms with Gasteiger partial charge < -0.3 is 16.0 Å². The molecule has 0 spiro atoms. The molecular weight excluding hydrogens is 216 g/mol. The Labute approximate surface area is 91.2 Å². The first kappa shape index (κ1) is 11.7. The summed E-state index contributed by atoms with van der Waals surface area (Å²) in [6, 6.07) is 0. The maximum atomic E-state index is 8.84. The Morgan fingerprint density at radius 1 is 1.60 bits per heavy atom. The van der Waals surface area contributed by atoms with Crippen molar-refractivity contribution in [2.24, 2.45) is 10.9 Å². The second kappa shape index (κ2) is 5.52. The molecule has 0 fully saturated rings. The van der Waals surface area contributed by atoms with E-state index in [1.807, 2.05) is 6.92 Å². The van der Waals surface area contributed by atoms with E-state index in [2.05, 4.69) is 15.1 Å². The number of thioether (sulfide) groups is 1. The summed E-state index contributed by atoms with van der Waals surface area (Å²) in [5.74, 6) is -0.0748. The van der Waals surface area contributed by atoms with E-state index in [0.29, 0.717) is 10.7 Å². The molecule has 0 aliphatic carbocycles. The number of nitrogens with two attached hydrogens (primary N) is 1. The standard InChI is InChI=1S/C8H12N4O2S/c1-5(4-13)15-7-3-10-6(2-11-7)8(9)12-14/h2-3,5,13-14H,4H2,1H3,(H2,9,12). The number of rotatable bonds is 4. The summed E-state index contributed by atoms with van der Waals surface area (Å²) in [5, 5.41) is 20.8. The lowest BCUT2D eigenvalue weighted by Crippen LogP contribution is -2.15. The number of aliphatic hydroxyl groups excluding tert-OH is 1. The highest BCUT2D eigenvalue weighted by Gasteiger charge is 2.06. The van der Waals surface area contributed by atoms with Gasteiger partial charge in [-0.05, 0) is 0 Å². The Balaban J connectivity index is 2.72. The van der Waals surface area contributed by atoms with Crippen molar-refractivity contribution < 1.29 is 10.3 Å². The highest BCUT2D eigenvalue weighted by molar-refractivity contribution is 7.99. The maximum Gasteiger partial charge on any atom is 0.190 e. The van der Waals surface area contributed by atoms with Gasteiger partial charge in [0.2, 0.25) is 0 Å². The van der Waals surface area contributed by atoms with Crippen LogP contribution in [0.3, 0.4) is 0 Å². The van der Waals surface area contributed by atoms with Crippen molar-refractivity contribution >= 4 is 17.6 Å². The zero-order valence-corrected chi connectivity index (χ0v) is 8.98. The first-order valence-electron chi connectivity index (χ1n) is 4.24. The van der Waals surface area contributed by atoms with Crippen LogP contribution in [0, 0.1) is 0 Å². The van der Waals surface area contributed by atoms with Crippen molar-refractivity contribution in [2.75, 3.05) is 6.61 Å². The second-order valence-corrected chi connectivity index (χ2v) is 4.29. The van der Waals surface area contributed by atoms with Gasteiger partial charge in [0, 0.05) is 5.25 Å². The molecule has 82 valence electrons. The van der Waals surface area contributed by atoms with Crippen LogP contribution in [0.15, 0.2) is 22.6 Å². The van der Waals surface area contributed by atoms with E-state index in [0.717, 1.165) is 0 Å². The first-order valence-corrected chi connectivity index (χ1v) is 5.12. The number of hydrogen-bond donors (Lipinski definition) is 3. The molecule has 0 saturated heterocycles. The summed E-state index contributed by atoms with van der Waals surface area (Å²) >= 11 is 1.40. The van der Waals surface area contributed by atoms with Crippen molar-refractivity contribution in [3.05, 3.63) is 18.1 Å². The van der Waals surface area contributed by atoms with Crippen molar-refractivity contribution in [2.45, 2.75) is 17.2 Å². The molecule has 1 atom stereocenters. The van der Waals surface area contributed by atoms with Gasteiger partial charge in [-0.25, -0.2) is 9.97 Å². The maximum absolute atomic E-state index is 8.84. The van der Waals surface area contributed by atoms with Crippen LogP contribution in [-0.2, 0) is 0 Å². The predicted octanol–water partition coefficient (Wildman–Crippen LogP) is 0.0440. The minimum absolute atomic E-state index is 0.0639. The monoisotopic (exact) mass is 228 g/mol. The molecule has 0 saturated carbocycles. The number of oxime groups is 1. The normalized spacial score (nSPS) is 13.9. The van der Waals surface area contributed by atoms with Crippen LogP contribution in [-0.4, -0.2) is 38.0 Å². The Morgan fingerprint density at radius 2 is 2.33 bits per heavy atom.